The van der Waals surface area contributed by atoms with E-state index in [0.29, 0.717) is 16.8 Å². The summed E-state index contributed by atoms with van der Waals surface area (Å²) in [6.07, 6.45) is 2.47. The van der Waals surface area contributed by atoms with Crippen LogP contribution in [-0.4, -0.2) is 33.5 Å². The summed E-state index contributed by atoms with van der Waals surface area (Å²) in [4.78, 5) is 22.3. The Morgan fingerprint density at radius 3 is 2.96 bits per heavy atom. The minimum Gasteiger partial charge on any atom is -0.491 e. The fourth-order valence-electron chi connectivity index (χ4n) is 3.45. The Morgan fingerprint density at radius 2 is 2.18 bits per heavy atom. The molecule has 0 spiro atoms. The summed E-state index contributed by atoms with van der Waals surface area (Å²) < 4.78 is 5.62. The molecule has 2 aromatic heterocycles. The van der Waals surface area contributed by atoms with E-state index in [9.17, 15) is 9.90 Å². The highest BCUT2D eigenvalue weighted by Crippen LogP contribution is 2.36. The second kappa shape index (κ2) is 8.27. The quantitative estimate of drug-likeness (QED) is 0.470. The Labute approximate surface area is 172 Å². The predicted molar refractivity (Wildman–Crippen MR) is 115 cm³/mol. The van der Waals surface area contributed by atoms with E-state index >= 15 is 0 Å². The molecule has 0 fully saturated rings. The first-order valence-corrected chi connectivity index (χ1v) is 11.3. The van der Waals surface area contributed by atoms with Gasteiger partial charge < -0.3 is 14.8 Å². The van der Waals surface area contributed by atoms with Gasteiger partial charge in [-0.15, -0.1) is 11.3 Å². The number of ether oxygens (including phenoxy) is 1. The molecule has 1 aromatic carbocycles. The van der Waals surface area contributed by atoms with Crippen LogP contribution in [0.1, 0.15) is 29.3 Å². The molecule has 0 radical (unpaired) electrons. The summed E-state index contributed by atoms with van der Waals surface area (Å²) in [5.74, 6) is 1.81. The number of fused-ring (bicyclic) bond motifs is 3. The first-order chi connectivity index (χ1) is 13.5. The maximum atomic E-state index is 12.6. The van der Waals surface area contributed by atoms with Gasteiger partial charge in [-0.2, -0.15) is 0 Å². The number of rotatable bonds is 6. The second-order valence-electron chi connectivity index (χ2n) is 7.49. The lowest BCUT2D eigenvalue weighted by Crippen LogP contribution is -2.20. The Kier molecular flexibility index (Phi) is 5.75. The zero-order valence-electron chi connectivity index (χ0n) is 16.0. The van der Waals surface area contributed by atoms with Gasteiger partial charge >= 0.3 is 0 Å². The lowest BCUT2D eigenvalue weighted by atomic mass is 9.89. The van der Waals surface area contributed by atoms with Gasteiger partial charge in [0.1, 0.15) is 17.2 Å². The maximum Gasteiger partial charge on any atom is 0.260 e. The van der Waals surface area contributed by atoms with Crippen LogP contribution in [-0.2, 0) is 12.8 Å². The molecular weight excluding hydrogens is 392 g/mol. The minimum absolute atomic E-state index is 0.0649. The van der Waals surface area contributed by atoms with Crippen molar-refractivity contribution in [1.82, 2.24) is 9.97 Å². The average Bonchev–Trinajstić information content (AvgIpc) is 3.03. The summed E-state index contributed by atoms with van der Waals surface area (Å²) in [6, 6.07) is 7.73. The van der Waals surface area contributed by atoms with Crippen LogP contribution in [0.15, 0.2) is 34.2 Å². The van der Waals surface area contributed by atoms with E-state index in [2.05, 4.69) is 16.9 Å². The highest BCUT2D eigenvalue weighted by molar-refractivity contribution is 7.99. The van der Waals surface area contributed by atoms with E-state index < -0.39 is 6.10 Å². The molecule has 4 rings (SSSR count). The molecule has 5 nitrogen and oxygen atoms in total. The molecule has 0 saturated carbocycles. The number of aliphatic hydroxyl groups excluding tert-OH is 1. The van der Waals surface area contributed by atoms with Crippen LogP contribution < -0.4 is 10.3 Å². The molecule has 148 valence electrons. The van der Waals surface area contributed by atoms with Gasteiger partial charge in [0, 0.05) is 10.6 Å². The van der Waals surface area contributed by atoms with Crippen molar-refractivity contribution in [3.05, 3.63) is 50.6 Å². The van der Waals surface area contributed by atoms with Crippen molar-refractivity contribution < 1.29 is 9.84 Å². The third kappa shape index (κ3) is 4.26. The molecular formula is C21H24N2O3S2. The van der Waals surface area contributed by atoms with Crippen LogP contribution in [0.3, 0.4) is 0 Å². The van der Waals surface area contributed by atoms with E-state index in [4.69, 9.17) is 4.74 Å². The van der Waals surface area contributed by atoms with E-state index in [0.717, 1.165) is 35.2 Å². The SMILES string of the molecule is Cc1ccc(OC[C@@H](O)CSc2nc3sc4c(c3c(=O)[nH]2)CC[C@@H](C)C4)cc1. The van der Waals surface area contributed by atoms with Gasteiger partial charge in [0.15, 0.2) is 5.16 Å². The monoisotopic (exact) mass is 416 g/mol. The Morgan fingerprint density at radius 1 is 1.39 bits per heavy atom. The molecule has 1 aliphatic carbocycles. The lowest BCUT2D eigenvalue weighted by Gasteiger charge is -2.17. The molecule has 2 N–H and O–H groups in total. The number of nitrogens with zero attached hydrogens (tertiary/aromatic N) is 1. The number of thioether (sulfide) groups is 1. The number of aromatic amines is 1. The number of nitrogens with one attached hydrogen (secondary N) is 1. The molecule has 28 heavy (non-hydrogen) atoms. The number of benzene rings is 1. The van der Waals surface area contributed by atoms with Crippen LogP contribution in [0.2, 0.25) is 0 Å². The fourth-order valence-corrected chi connectivity index (χ4v) is 5.66. The van der Waals surface area contributed by atoms with E-state index in [1.165, 1.54) is 27.8 Å². The second-order valence-corrected chi connectivity index (χ2v) is 9.58. The fraction of sp³-hybridized carbons (Fsp3) is 0.429. The first-order valence-electron chi connectivity index (χ1n) is 9.54. The van der Waals surface area contributed by atoms with E-state index in [1.807, 2.05) is 31.2 Å². The van der Waals surface area contributed by atoms with Gasteiger partial charge in [0.2, 0.25) is 0 Å². The van der Waals surface area contributed by atoms with Crippen molar-refractivity contribution in [1.29, 1.82) is 0 Å². The van der Waals surface area contributed by atoms with Crippen LogP contribution in [0, 0.1) is 12.8 Å². The van der Waals surface area contributed by atoms with E-state index in [-0.39, 0.29) is 12.2 Å². The van der Waals surface area contributed by atoms with Crippen LogP contribution in [0.25, 0.3) is 10.2 Å². The van der Waals surface area contributed by atoms with Crippen molar-refractivity contribution >= 4 is 33.3 Å². The summed E-state index contributed by atoms with van der Waals surface area (Å²) in [7, 11) is 0. The lowest BCUT2D eigenvalue weighted by molar-refractivity contribution is 0.126. The van der Waals surface area contributed by atoms with Crippen LogP contribution in [0.5, 0.6) is 5.75 Å². The van der Waals surface area contributed by atoms with Gasteiger partial charge in [0.25, 0.3) is 5.56 Å². The molecule has 0 amide bonds. The Balaban J connectivity index is 1.40. The molecule has 3 aromatic rings. The zero-order chi connectivity index (χ0) is 19.7. The number of aliphatic hydroxyl groups is 1. The number of H-pyrrole nitrogens is 1. The van der Waals surface area contributed by atoms with Crippen molar-refractivity contribution in [2.24, 2.45) is 5.92 Å². The molecule has 0 bridgehead atoms. The normalized spacial score (nSPS) is 17.5. The predicted octanol–water partition coefficient (Wildman–Crippen LogP) is 3.95. The van der Waals surface area contributed by atoms with Gasteiger partial charge in [-0.25, -0.2) is 4.98 Å². The first kappa shape index (κ1) is 19.5. The van der Waals surface area contributed by atoms with Crippen molar-refractivity contribution in [2.45, 2.75) is 44.4 Å². The molecule has 2 heterocycles. The van der Waals surface area contributed by atoms with Gasteiger partial charge in [0.05, 0.1) is 11.5 Å². The Bertz CT molecular complexity index is 1030. The van der Waals surface area contributed by atoms with Crippen molar-refractivity contribution in [3.8, 4) is 5.75 Å². The van der Waals surface area contributed by atoms with Crippen LogP contribution in [0.4, 0.5) is 0 Å². The molecule has 0 aliphatic heterocycles. The van der Waals surface area contributed by atoms with E-state index in [1.54, 1.807) is 11.3 Å². The molecule has 0 saturated heterocycles. The number of aryl methyl sites for hydroxylation is 2. The molecule has 0 unspecified atom stereocenters. The molecule has 2 atom stereocenters. The number of thiophene rings is 1. The standard InChI is InChI=1S/C21H24N2O3S2/c1-12-3-6-15(7-4-12)26-10-14(24)11-27-21-22-19(25)18-16-8-5-13(2)9-17(16)28-20(18)23-21/h3-4,6-7,13-14,24H,5,8-11H2,1-2H3,(H,22,23,25)/t13-,14-/m1/s1. The van der Waals surface area contributed by atoms with Gasteiger partial charge in [-0.1, -0.05) is 36.4 Å². The number of hydrogen-bond acceptors (Lipinski definition) is 6. The minimum atomic E-state index is -0.648. The maximum absolute atomic E-state index is 12.6. The van der Waals surface area contributed by atoms with Crippen LogP contribution >= 0.6 is 23.1 Å². The summed E-state index contributed by atoms with van der Waals surface area (Å²) in [6.45, 7) is 4.48. The highest BCUT2D eigenvalue weighted by atomic mass is 32.2. The summed E-state index contributed by atoms with van der Waals surface area (Å²) in [5, 5.41) is 11.5. The van der Waals surface area contributed by atoms with Crippen molar-refractivity contribution in [2.75, 3.05) is 12.4 Å². The highest BCUT2D eigenvalue weighted by Gasteiger charge is 2.23. The van der Waals surface area contributed by atoms with Gasteiger partial charge in [-0.3, -0.25) is 4.79 Å². The third-order valence-electron chi connectivity index (χ3n) is 5.02. The number of aromatic nitrogens is 2. The molecule has 1 aliphatic rings. The van der Waals surface area contributed by atoms with Crippen molar-refractivity contribution in [3.63, 3.8) is 0 Å². The third-order valence-corrected chi connectivity index (χ3v) is 7.19. The van der Waals surface area contributed by atoms with Gasteiger partial charge in [-0.05, 0) is 49.8 Å². The summed E-state index contributed by atoms with van der Waals surface area (Å²) in [5.41, 5.74) is 2.29. The smallest absolute Gasteiger partial charge is 0.260 e. The Hall–Kier alpha value is -1.83. The number of hydrogen-bond donors (Lipinski definition) is 2. The summed E-state index contributed by atoms with van der Waals surface area (Å²) >= 11 is 2.99. The largest absolute Gasteiger partial charge is 0.491 e. The average molecular weight is 417 g/mol. The molecule has 7 heteroatoms. The zero-order valence-corrected chi connectivity index (χ0v) is 17.7. The topological polar surface area (TPSA) is 75.2 Å².